The van der Waals surface area contributed by atoms with Crippen LogP contribution in [0.4, 0.5) is 0 Å². The highest BCUT2D eigenvalue weighted by Gasteiger charge is 2.26. The molecule has 3 rings (SSSR count). The van der Waals surface area contributed by atoms with Crippen LogP contribution in [0.2, 0.25) is 0 Å². The van der Waals surface area contributed by atoms with E-state index in [9.17, 15) is 4.79 Å². The minimum absolute atomic E-state index is 0.00163. The van der Waals surface area contributed by atoms with Crippen LogP contribution in [-0.4, -0.2) is 39.6 Å². The van der Waals surface area contributed by atoms with Crippen molar-refractivity contribution in [1.29, 1.82) is 0 Å². The predicted molar refractivity (Wildman–Crippen MR) is 80.4 cm³/mol. The molecule has 0 unspecified atom stereocenters. The summed E-state index contributed by atoms with van der Waals surface area (Å²) in [7, 11) is 0. The SMILES string of the molecule is Cc1nc([C@@H]2COCCN2Cc2csc(C)n2)cc(=O)[nH]1. The lowest BCUT2D eigenvalue weighted by atomic mass is 10.1. The summed E-state index contributed by atoms with van der Waals surface area (Å²) in [5.74, 6) is 0.632. The number of aromatic nitrogens is 3. The topological polar surface area (TPSA) is 71.1 Å². The van der Waals surface area contributed by atoms with Gasteiger partial charge >= 0.3 is 0 Å². The number of morpholine rings is 1. The number of hydrogen-bond donors (Lipinski definition) is 1. The summed E-state index contributed by atoms with van der Waals surface area (Å²) in [6.07, 6.45) is 0. The first-order valence-corrected chi connectivity index (χ1v) is 7.80. The number of rotatable bonds is 3. The maximum atomic E-state index is 11.7. The molecule has 0 aromatic carbocycles. The molecule has 0 aliphatic carbocycles. The second-order valence-corrected chi connectivity index (χ2v) is 6.24. The van der Waals surface area contributed by atoms with Gasteiger partial charge in [-0.05, 0) is 13.8 Å². The van der Waals surface area contributed by atoms with Gasteiger partial charge in [-0.15, -0.1) is 11.3 Å². The van der Waals surface area contributed by atoms with Crippen molar-refractivity contribution in [2.75, 3.05) is 19.8 Å². The predicted octanol–water partition coefficient (Wildman–Crippen LogP) is 1.42. The number of thiazole rings is 1. The summed E-state index contributed by atoms with van der Waals surface area (Å²) in [6.45, 7) is 6.62. The standard InChI is InChI=1S/C14H18N4O2S/c1-9-15-12(5-14(19)16-9)13-7-20-4-3-18(13)6-11-8-21-10(2)17-11/h5,8,13H,3-4,6-7H2,1-2H3,(H,15,16,19)/t13-/m0/s1. The molecule has 0 bridgehead atoms. The number of ether oxygens (including phenoxy) is 1. The van der Waals surface area contributed by atoms with Gasteiger partial charge in [0, 0.05) is 24.5 Å². The molecule has 1 fully saturated rings. The van der Waals surface area contributed by atoms with E-state index < -0.39 is 0 Å². The van der Waals surface area contributed by atoms with Crippen molar-refractivity contribution < 1.29 is 4.74 Å². The third-order valence-electron chi connectivity index (χ3n) is 3.49. The van der Waals surface area contributed by atoms with Crippen molar-refractivity contribution in [2.24, 2.45) is 0 Å². The maximum absolute atomic E-state index is 11.7. The minimum Gasteiger partial charge on any atom is -0.378 e. The molecule has 0 radical (unpaired) electrons. The molecule has 1 aliphatic heterocycles. The normalized spacial score (nSPS) is 19.8. The van der Waals surface area contributed by atoms with Crippen molar-refractivity contribution >= 4 is 11.3 Å². The molecule has 7 heteroatoms. The highest BCUT2D eigenvalue weighted by Crippen LogP contribution is 2.24. The molecule has 2 aromatic rings. The van der Waals surface area contributed by atoms with Crippen LogP contribution in [0.3, 0.4) is 0 Å². The quantitative estimate of drug-likeness (QED) is 0.928. The zero-order chi connectivity index (χ0) is 14.8. The highest BCUT2D eigenvalue weighted by molar-refractivity contribution is 7.09. The van der Waals surface area contributed by atoms with Crippen molar-refractivity contribution in [1.82, 2.24) is 19.9 Å². The van der Waals surface area contributed by atoms with E-state index in [1.165, 1.54) is 0 Å². The van der Waals surface area contributed by atoms with E-state index in [0.717, 1.165) is 29.5 Å². The molecule has 3 heterocycles. The molecule has 0 spiro atoms. The van der Waals surface area contributed by atoms with Crippen molar-refractivity contribution in [3.63, 3.8) is 0 Å². The fourth-order valence-electron chi connectivity index (χ4n) is 2.56. The Bertz CT molecular complexity index is 682. The molecular weight excluding hydrogens is 288 g/mol. The van der Waals surface area contributed by atoms with Crippen LogP contribution in [0.5, 0.6) is 0 Å². The van der Waals surface area contributed by atoms with Gasteiger partial charge < -0.3 is 9.72 Å². The zero-order valence-corrected chi connectivity index (χ0v) is 12.9. The monoisotopic (exact) mass is 306 g/mol. The molecule has 1 N–H and O–H groups in total. The number of H-pyrrole nitrogens is 1. The Morgan fingerprint density at radius 2 is 2.33 bits per heavy atom. The smallest absolute Gasteiger partial charge is 0.251 e. The molecule has 2 aromatic heterocycles. The maximum Gasteiger partial charge on any atom is 0.251 e. The van der Waals surface area contributed by atoms with Crippen LogP contribution in [0.1, 0.15) is 28.3 Å². The first-order chi connectivity index (χ1) is 10.1. The summed E-state index contributed by atoms with van der Waals surface area (Å²) < 4.78 is 5.58. The van der Waals surface area contributed by atoms with Crippen LogP contribution >= 0.6 is 11.3 Å². The number of aryl methyl sites for hydroxylation is 2. The number of nitrogens with zero attached hydrogens (tertiary/aromatic N) is 3. The van der Waals surface area contributed by atoms with Gasteiger partial charge in [-0.2, -0.15) is 0 Å². The molecule has 1 aliphatic rings. The average molecular weight is 306 g/mol. The van der Waals surface area contributed by atoms with Gasteiger partial charge in [-0.25, -0.2) is 9.97 Å². The lowest BCUT2D eigenvalue weighted by Gasteiger charge is -2.34. The Morgan fingerprint density at radius 3 is 3.05 bits per heavy atom. The van der Waals surface area contributed by atoms with Gasteiger partial charge in [0.05, 0.1) is 35.7 Å². The van der Waals surface area contributed by atoms with E-state index in [0.29, 0.717) is 19.0 Å². The van der Waals surface area contributed by atoms with Crippen molar-refractivity contribution in [3.8, 4) is 0 Å². The van der Waals surface area contributed by atoms with Crippen LogP contribution in [-0.2, 0) is 11.3 Å². The van der Waals surface area contributed by atoms with Gasteiger partial charge in [0.15, 0.2) is 0 Å². The zero-order valence-electron chi connectivity index (χ0n) is 12.1. The molecular formula is C14H18N4O2S. The summed E-state index contributed by atoms with van der Waals surface area (Å²) in [5, 5.41) is 3.15. The summed E-state index contributed by atoms with van der Waals surface area (Å²) >= 11 is 1.66. The summed E-state index contributed by atoms with van der Waals surface area (Å²) in [4.78, 5) is 25.6. The Balaban J connectivity index is 1.85. The van der Waals surface area contributed by atoms with E-state index in [1.807, 2.05) is 6.92 Å². The Hall–Kier alpha value is -1.57. The second-order valence-electron chi connectivity index (χ2n) is 5.17. The lowest BCUT2D eigenvalue weighted by Crippen LogP contribution is -2.40. The molecule has 0 saturated carbocycles. The molecule has 21 heavy (non-hydrogen) atoms. The number of nitrogens with one attached hydrogen (secondary N) is 1. The van der Waals surface area contributed by atoms with Gasteiger partial charge in [-0.1, -0.05) is 0 Å². The van der Waals surface area contributed by atoms with Gasteiger partial charge in [0.1, 0.15) is 5.82 Å². The highest BCUT2D eigenvalue weighted by atomic mass is 32.1. The number of aromatic amines is 1. The fraction of sp³-hybridized carbons (Fsp3) is 0.500. The van der Waals surface area contributed by atoms with Crippen LogP contribution < -0.4 is 5.56 Å². The van der Waals surface area contributed by atoms with E-state index in [1.54, 1.807) is 24.3 Å². The van der Waals surface area contributed by atoms with Crippen molar-refractivity contribution in [2.45, 2.75) is 26.4 Å². The largest absolute Gasteiger partial charge is 0.378 e. The minimum atomic E-state index is -0.118. The molecule has 0 amide bonds. The van der Waals surface area contributed by atoms with E-state index in [2.05, 4.69) is 25.2 Å². The van der Waals surface area contributed by atoms with E-state index in [4.69, 9.17) is 4.74 Å². The lowest BCUT2D eigenvalue weighted by molar-refractivity contribution is -0.0148. The van der Waals surface area contributed by atoms with Crippen LogP contribution in [0.15, 0.2) is 16.2 Å². The van der Waals surface area contributed by atoms with Crippen LogP contribution in [0.25, 0.3) is 0 Å². The fourth-order valence-corrected chi connectivity index (χ4v) is 3.17. The molecule has 112 valence electrons. The summed E-state index contributed by atoms with van der Waals surface area (Å²) in [5.41, 5.74) is 1.71. The van der Waals surface area contributed by atoms with Crippen molar-refractivity contribution in [3.05, 3.63) is 44.0 Å². The number of hydrogen-bond acceptors (Lipinski definition) is 6. The van der Waals surface area contributed by atoms with E-state index >= 15 is 0 Å². The Morgan fingerprint density at radius 1 is 1.48 bits per heavy atom. The average Bonchev–Trinajstić information content (AvgIpc) is 2.83. The molecule has 6 nitrogen and oxygen atoms in total. The van der Waals surface area contributed by atoms with E-state index in [-0.39, 0.29) is 11.6 Å². The summed E-state index contributed by atoms with van der Waals surface area (Å²) in [6, 6.07) is 1.56. The van der Waals surface area contributed by atoms with Crippen LogP contribution in [0, 0.1) is 13.8 Å². The Labute approximate surface area is 126 Å². The van der Waals surface area contributed by atoms with Gasteiger partial charge in [0.2, 0.25) is 0 Å². The first-order valence-electron chi connectivity index (χ1n) is 6.92. The second kappa shape index (κ2) is 6.05. The molecule has 1 saturated heterocycles. The Kier molecular flexibility index (Phi) is 4.14. The third kappa shape index (κ3) is 3.37. The van der Waals surface area contributed by atoms with Gasteiger partial charge in [-0.3, -0.25) is 9.69 Å². The van der Waals surface area contributed by atoms with Gasteiger partial charge in [0.25, 0.3) is 5.56 Å². The first kappa shape index (κ1) is 14.4. The third-order valence-corrected chi connectivity index (χ3v) is 4.31. The molecule has 1 atom stereocenters.